The van der Waals surface area contributed by atoms with Crippen molar-refractivity contribution in [3.05, 3.63) is 0 Å². The highest BCUT2D eigenvalue weighted by Crippen LogP contribution is 2.23. The molecule has 1 fully saturated rings. The summed E-state index contributed by atoms with van der Waals surface area (Å²) in [5, 5.41) is 0. The van der Waals surface area contributed by atoms with Crippen LogP contribution in [0.1, 0.15) is 32.6 Å². The molecule has 54 valence electrons. The van der Waals surface area contributed by atoms with Gasteiger partial charge >= 0.3 is 0 Å². The molecular formula is C9H12O. The molecule has 0 aliphatic heterocycles. The van der Waals surface area contributed by atoms with Gasteiger partial charge in [-0.3, -0.25) is 4.79 Å². The van der Waals surface area contributed by atoms with Gasteiger partial charge in [-0.25, -0.2) is 0 Å². The van der Waals surface area contributed by atoms with Crippen LogP contribution in [0.5, 0.6) is 0 Å². The van der Waals surface area contributed by atoms with E-state index in [1.54, 1.807) is 0 Å². The molecule has 0 aromatic heterocycles. The van der Waals surface area contributed by atoms with E-state index < -0.39 is 0 Å². The Hall–Kier alpha value is -0.770. The molecule has 0 bridgehead atoms. The normalized spacial score (nSPS) is 24.1. The first kappa shape index (κ1) is 7.34. The van der Waals surface area contributed by atoms with E-state index in [2.05, 4.69) is 11.8 Å². The zero-order valence-corrected chi connectivity index (χ0v) is 6.31. The van der Waals surface area contributed by atoms with E-state index in [0.717, 1.165) is 25.7 Å². The lowest BCUT2D eigenvalue weighted by Gasteiger charge is -1.98. The van der Waals surface area contributed by atoms with E-state index in [9.17, 15) is 4.79 Å². The number of Topliss-reactive ketones (excluding diaryl/α,β-unsaturated/α-hetero) is 1. The summed E-state index contributed by atoms with van der Waals surface area (Å²) in [6.07, 6.45) is 3.72. The van der Waals surface area contributed by atoms with E-state index in [4.69, 9.17) is 0 Å². The molecule has 0 aromatic rings. The lowest BCUT2D eigenvalue weighted by molar-refractivity contribution is -0.120. The fourth-order valence-electron chi connectivity index (χ4n) is 1.33. The summed E-state index contributed by atoms with van der Waals surface area (Å²) in [5.74, 6) is 6.45. The Balaban J connectivity index is 2.38. The van der Waals surface area contributed by atoms with Crippen molar-refractivity contribution in [2.75, 3.05) is 0 Å². The molecule has 1 aliphatic rings. The number of ketones is 1. The SMILES string of the molecule is CC#CC[C@H]1CCCC1=O. The summed E-state index contributed by atoms with van der Waals surface area (Å²) < 4.78 is 0. The molecule has 0 heterocycles. The second-order valence-corrected chi connectivity index (χ2v) is 2.69. The zero-order valence-electron chi connectivity index (χ0n) is 6.31. The van der Waals surface area contributed by atoms with Crippen molar-refractivity contribution in [1.29, 1.82) is 0 Å². The highest BCUT2D eigenvalue weighted by Gasteiger charge is 2.22. The van der Waals surface area contributed by atoms with Gasteiger partial charge in [0.2, 0.25) is 0 Å². The van der Waals surface area contributed by atoms with Gasteiger partial charge in [-0.15, -0.1) is 11.8 Å². The topological polar surface area (TPSA) is 17.1 Å². The minimum absolute atomic E-state index is 0.271. The molecular weight excluding hydrogens is 124 g/mol. The highest BCUT2D eigenvalue weighted by molar-refractivity contribution is 5.83. The van der Waals surface area contributed by atoms with E-state index in [1.165, 1.54) is 0 Å². The number of carbonyl (C=O) groups excluding carboxylic acids is 1. The Morgan fingerprint density at radius 1 is 1.70 bits per heavy atom. The molecule has 0 radical (unpaired) electrons. The van der Waals surface area contributed by atoms with Crippen molar-refractivity contribution in [1.82, 2.24) is 0 Å². The second-order valence-electron chi connectivity index (χ2n) is 2.69. The van der Waals surface area contributed by atoms with Crippen molar-refractivity contribution in [2.24, 2.45) is 5.92 Å². The van der Waals surface area contributed by atoms with Crippen molar-refractivity contribution in [3.63, 3.8) is 0 Å². The average Bonchev–Trinajstić information content (AvgIpc) is 2.31. The minimum Gasteiger partial charge on any atom is -0.299 e. The minimum atomic E-state index is 0.271. The molecule has 0 amide bonds. The summed E-state index contributed by atoms with van der Waals surface area (Å²) in [5.41, 5.74) is 0. The lowest BCUT2D eigenvalue weighted by Crippen LogP contribution is -2.04. The van der Waals surface area contributed by atoms with Crippen molar-refractivity contribution >= 4 is 5.78 Å². The summed E-state index contributed by atoms with van der Waals surface area (Å²) in [6, 6.07) is 0. The van der Waals surface area contributed by atoms with Crippen molar-refractivity contribution < 1.29 is 4.79 Å². The molecule has 1 rings (SSSR count). The number of rotatable bonds is 1. The number of hydrogen-bond acceptors (Lipinski definition) is 1. The van der Waals surface area contributed by atoms with E-state index in [0.29, 0.717) is 5.78 Å². The Labute approximate surface area is 61.8 Å². The van der Waals surface area contributed by atoms with Crippen LogP contribution in [0.4, 0.5) is 0 Å². The van der Waals surface area contributed by atoms with E-state index in [-0.39, 0.29) is 5.92 Å². The first-order valence-corrected chi connectivity index (χ1v) is 3.77. The molecule has 1 nitrogen and oxygen atoms in total. The maximum atomic E-state index is 11.0. The lowest BCUT2D eigenvalue weighted by atomic mass is 10.0. The summed E-state index contributed by atoms with van der Waals surface area (Å²) in [7, 11) is 0. The van der Waals surface area contributed by atoms with Crippen molar-refractivity contribution in [2.45, 2.75) is 32.6 Å². The van der Waals surface area contributed by atoms with Gasteiger partial charge in [0.15, 0.2) is 0 Å². The zero-order chi connectivity index (χ0) is 7.40. The van der Waals surface area contributed by atoms with Crippen LogP contribution < -0.4 is 0 Å². The van der Waals surface area contributed by atoms with Crippen LogP contribution in [0.15, 0.2) is 0 Å². The monoisotopic (exact) mass is 136 g/mol. The van der Waals surface area contributed by atoms with Crippen molar-refractivity contribution in [3.8, 4) is 11.8 Å². The Morgan fingerprint density at radius 3 is 3.00 bits per heavy atom. The van der Waals surface area contributed by atoms with Gasteiger partial charge in [0.05, 0.1) is 0 Å². The Bertz CT molecular complexity index is 183. The van der Waals surface area contributed by atoms with Gasteiger partial charge in [-0.05, 0) is 19.8 Å². The molecule has 1 aliphatic carbocycles. The average molecular weight is 136 g/mol. The van der Waals surface area contributed by atoms with Gasteiger partial charge in [0.25, 0.3) is 0 Å². The smallest absolute Gasteiger partial charge is 0.136 e. The van der Waals surface area contributed by atoms with Gasteiger partial charge in [-0.1, -0.05) is 0 Å². The largest absolute Gasteiger partial charge is 0.299 e. The van der Waals surface area contributed by atoms with Crippen LogP contribution in [0, 0.1) is 17.8 Å². The quantitative estimate of drug-likeness (QED) is 0.502. The van der Waals surface area contributed by atoms with Crippen LogP contribution in [-0.4, -0.2) is 5.78 Å². The molecule has 0 spiro atoms. The van der Waals surface area contributed by atoms with Crippen LogP contribution in [0.3, 0.4) is 0 Å². The first-order chi connectivity index (χ1) is 4.84. The number of carbonyl (C=O) groups is 1. The standard InChI is InChI=1S/C9H12O/c1-2-3-5-8-6-4-7-9(8)10/h8H,4-7H2,1H3/t8-/m0/s1. The van der Waals surface area contributed by atoms with Gasteiger partial charge in [0.1, 0.15) is 5.78 Å². The summed E-state index contributed by atoms with van der Waals surface area (Å²) >= 11 is 0. The predicted octanol–water partition coefficient (Wildman–Crippen LogP) is 1.77. The molecule has 0 N–H and O–H groups in total. The Morgan fingerprint density at radius 2 is 2.50 bits per heavy atom. The molecule has 0 saturated heterocycles. The second kappa shape index (κ2) is 3.41. The fraction of sp³-hybridized carbons (Fsp3) is 0.667. The molecule has 1 atom stereocenters. The number of hydrogen-bond donors (Lipinski definition) is 0. The summed E-state index contributed by atoms with van der Waals surface area (Å²) in [4.78, 5) is 11.0. The van der Waals surface area contributed by atoms with E-state index in [1.807, 2.05) is 6.92 Å². The van der Waals surface area contributed by atoms with Crippen LogP contribution in [0.25, 0.3) is 0 Å². The maximum absolute atomic E-state index is 11.0. The Kier molecular flexibility index (Phi) is 2.50. The van der Waals surface area contributed by atoms with E-state index >= 15 is 0 Å². The summed E-state index contributed by atoms with van der Waals surface area (Å²) in [6.45, 7) is 1.82. The molecule has 0 unspecified atom stereocenters. The first-order valence-electron chi connectivity index (χ1n) is 3.77. The predicted molar refractivity (Wildman–Crippen MR) is 40.4 cm³/mol. The third-order valence-corrected chi connectivity index (χ3v) is 1.96. The highest BCUT2D eigenvalue weighted by atomic mass is 16.1. The molecule has 1 heteroatoms. The van der Waals surface area contributed by atoms with Gasteiger partial charge in [-0.2, -0.15) is 0 Å². The van der Waals surface area contributed by atoms with Gasteiger partial charge in [0, 0.05) is 18.8 Å². The van der Waals surface area contributed by atoms with Crippen LogP contribution in [0.2, 0.25) is 0 Å². The van der Waals surface area contributed by atoms with Crippen LogP contribution in [-0.2, 0) is 4.79 Å². The molecule has 10 heavy (non-hydrogen) atoms. The fourth-order valence-corrected chi connectivity index (χ4v) is 1.33. The van der Waals surface area contributed by atoms with Crippen LogP contribution >= 0.6 is 0 Å². The third kappa shape index (κ3) is 1.60. The molecule has 0 aromatic carbocycles. The third-order valence-electron chi connectivity index (χ3n) is 1.96. The maximum Gasteiger partial charge on any atom is 0.136 e. The van der Waals surface area contributed by atoms with Gasteiger partial charge < -0.3 is 0 Å². The molecule has 1 saturated carbocycles.